The Kier molecular flexibility index (Phi) is 2.97. The van der Waals surface area contributed by atoms with Gasteiger partial charge in [-0.3, -0.25) is 5.10 Å². The van der Waals surface area contributed by atoms with Crippen LogP contribution >= 0.6 is 12.2 Å². The molecule has 0 spiro atoms. The minimum Gasteiger partial charge on any atom is -0.301 e. The molecule has 0 aliphatic heterocycles. The molecule has 0 saturated carbocycles. The monoisotopic (exact) mass is 189 g/mol. The third kappa shape index (κ3) is 1.72. The Labute approximate surface area is 75.6 Å². The van der Waals surface area contributed by atoms with Crippen molar-refractivity contribution in [1.29, 1.82) is 0 Å². The second-order valence-electron chi connectivity index (χ2n) is 2.88. The van der Waals surface area contributed by atoms with Gasteiger partial charge in [0.1, 0.15) is 12.5 Å². The molecule has 5 heteroatoms. The van der Waals surface area contributed by atoms with E-state index in [-0.39, 0.29) is 5.92 Å². The van der Waals surface area contributed by atoms with Gasteiger partial charge < -0.3 is 4.57 Å². The predicted octanol–water partition coefficient (Wildman–Crippen LogP) is 2.03. The normalized spacial score (nSPS) is 11.0. The fourth-order valence-corrected chi connectivity index (χ4v) is 1.30. The maximum absolute atomic E-state index is 12.1. The summed E-state index contributed by atoms with van der Waals surface area (Å²) in [5.74, 6) is 1.09. The minimum atomic E-state index is -0.409. The molecule has 0 aromatic carbocycles. The molecule has 1 N–H and O–H groups in total. The van der Waals surface area contributed by atoms with E-state index >= 15 is 0 Å². The average molecular weight is 189 g/mol. The van der Waals surface area contributed by atoms with Crippen LogP contribution in [0.25, 0.3) is 0 Å². The van der Waals surface area contributed by atoms with Crippen molar-refractivity contribution in [3.63, 3.8) is 0 Å². The van der Waals surface area contributed by atoms with E-state index in [9.17, 15) is 4.39 Å². The first-order valence-electron chi connectivity index (χ1n) is 3.88. The van der Waals surface area contributed by atoms with Gasteiger partial charge in [0.05, 0.1) is 6.54 Å². The molecule has 3 nitrogen and oxygen atoms in total. The van der Waals surface area contributed by atoms with Gasteiger partial charge in [-0.05, 0) is 12.2 Å². The number of hydrogen-bond donors (Lipinski definition) is 1. The zero-order valence-corrected chi connectivity index (χ0v) is 7.99. The molecule has 12 heavy (non-hydrogen) atoms. The molecule has 0 aliphatic rings. The van der Waals surface area contributed by atoms with Crippen LogP contribution in [0.4, 0.5) is 4.39 Å². The van der Waals surface area contributed by atoms with Crippen molar-refractivity contribution in [3.8, 4) is 0 Å². The molecule has 68 valence electrons. The van der Waals surface area contributed by atoms with E-state index in [0.717, 1.165) is 5.82 Å². The van der Waals surface area contributed by atoms with Gasteiger partial charge in [0, 0.05) is 5.92 Å². The molecular weight excluding hydrogens is 177 g/mol. The Balaban J connectivity index is 3.04. The molecule has 0 radical (unpaired) electrons. The third-order valence-electron chi connectivity index (χ3n) is 1.61. The highest BCUT2D eigenvalue weighted by Gasteiger charge is 2.08. The molecule has 0 unspecified atom stereocenters. The summed E-state index contributed by atoms with van der Waals surface area (Å²) in [6, 6.07) is 0. The Morgan fingerprint density at radius 3 is 2.83 bits per heavy atom. The largest absolute Gasteiger partial charge is 0.301 e. The quantitative estimate of drug-likeness (QED) is 0.738. The van der Waals surface area contributed by atoms with Crippen LogP contribution in [0.1, 0.15) is 25.6 Å². The van der Waals surface area contributed by atoms with Gasteiger partial charge in [0.2, 0.25) is 0 Å². The summed E-state index contributed by atoms with van der Waals surface area (Å²) in [5, 5.41) is 6.67. The first-order chi connectivity index (χ1) is 5.66. The molecule has 0 fully saturated rings. The highest BCUT2D eigenvalue weighted by Crippen LogP contribution is 2.10. The summed E-state index contributed by atoms with van der Waals surface area (Å²) < 4.78 is 14.3. The molecule has 0 saturated heterocycles. The molecule has 0 atom stereocenters. The third-order valence-corrected chi connectivity index (χ3v) is 1.92. The van der Waals surface area contributed by atoms with Crippen molar-refractivity contribution in [2.45, 2.75) is 26.3 Å². The first kappa shape index (κ1) is 9.38. The number of aromatic amines is 1. The minimum absolute atomic E-state index is 0.268. The van der Waals surface area contributed by atoms with Crippen LogP contribution < -0.4 is 0 Å². The second kappa shape index (κ2) is 3.80. The summed E-state index contributed by atoms with van der Waals surface area (Å²) in [6.45, 7) is 3.88. The van der Waals surface area contributed by atoms with Gasteiger partial charge in [-0.15, -0.1) is 0 Å². The van der Waals surface area contributed by atoms with Gasteiger partial charge >= 0.3 is 0 Å². The van der Waals surface area contributed by atoms with Gasteiger partial charge in [-0.2, -0.15) is 5.10 Å². The standard InChI is InChI=1S/C7H12FN3S/c1-5(2)6-9-10-7(12)11(6)4-3-8/h5H,3-4H2,1-2H3,(H,10,12). The molecule has 1 heterocycles. The topological polar surface area (TPSA) is 33.6 Å². The number of nitrogens with zero attached hydrogens (tertiary/aromatic N) is 2. The highest BCUT2D eigenvalue weighted by atomic mass is 32.1. The molecule has 1 aromatic rings. The molecular formula is C7H12FN3S. The zero-order valence-electron chi connectivity index (χ0n) is 7.17. The summed E-state index contributed by atoms with van der Waals surface area (Å²) >= 11 is 4.94. The fourth-order valence-electron chi connectivity index (χ4n) is 1.07. The summed E-state index contributed by atoms with van der Waals surface area (Å²) in [5.41, 5.74) is 0. The maximum Gasteiger partial charge on any atom is 0.195 e. The number of aromatic nitrogens is 3. The van der Waals surface area contributed by atoms with E-state index in [4.69, 9.17) is 12.2 Å². The lowest BCUT2D eigenvalue weighted by Gasteiger charge is -2.05. The Hall–Kier alpha value is -0.710. The lowest BCUT2D eigenvalue weighted by molar-refractivity contribution is 0.434. The van der Waals surface area contributed by atoms with Crippen molar-refractivity contribution in [3.05, 3.63) is 10.6 Å². The van der Waals surface area contributed by atoms with Crippen molar-refractivity contribution in [2.75, 3.05) is 6.67 Å². The smallest absolute Gasteiger partial charge is 0.195 e. The summed E-state index contributed by atoms with van der Waals surface area (Å²) in [6.07, 6.45) is 0. The van der Waals surface area contributed by atoms with Gasteiger partial charge in [-0.25, -0.2) is 4.39 Å². The molecule has 1 aromatic heterocycles. The summed E-state index contributed by atoms with van der Waals surface area (Å²) in [7, 11) is 0. The second-order valence-corrected chi connectivity index (χ2v) is 3.27. The molecule has 1 rings (SSSR count). The highest BCUT2D eigenvalue weighted by molar-refractivity contribution is 7.71. The van der Waals surface area contributed by atoms with Crippen LogP contribution in [0.5, 0.6) is 0 Å². The van der Waals surface area contributed by atoms with E-state index in [1.54, 1.807) is 4.57 Å². The van der Waals surface area contributed by atoms with Crippen molar-refractivity contribution < 1.29 is 4.39 Å². The Morgan fingerprint density at radius 2 is 2.33 bits per heavy atom. The predicted molar refractivity (Wildman–Crippen MR) is 47.5 cm³/mol. The van der Waals surface area contributed by atoms with E-state index in [1.807, 2.05) is 13.8 Å². The van der Waals surface area contributed by atoms with Crippen molar-refractivity contribution in [2.24, 2.45) is 0 Å². The Morgan fingerprint density at radius 1 is 1.67 bits per heavy atom. The SMILES string of the molecule is CC(C)c1n[nH]c(=S)n1CCF. The van der Waals surface area contributed by atoms with Crippen LogP contribution in [0, 0.1) is 4.77 Å². The van der Waals surface area contributed by atoms with Gasteiger partial charge in [0.25, 0.3) is 0 Å². The fraction of sp³-hybridized carbons (Fsp3) is 0.714. The zero-order chi connectivity index (χ0) is 9.14. The molecule has 0 amide bonds. The van der Waals surface area contributed by atoms with Crippen LogP contribution in [0.2, 0.25) is 0 Å². The van der Waals surface area contributed by atoms with Crippen LogP contribution in [0.15, 0.2) is 0 Å². The van der Waals surface area contributed by atoms with E-state index < -0.39 is 6.67 Å². The summed E-state index contributed by atoms with van der Waals surface area (Å²) in [4.78, 5) is 0. The number of halogens is 1. The number of nitrogens with one attached hydrogen (secondary N) is 1. The first-order valence-corrected chi connectivity index (χ1v) is 4.28. The van der Waals surface area contributed by atoms with Crippen molar-refractivity contribution in [1.82, 2.24) is 14.8 Å². The van der Waals surface area contributed by atoms with E-state index in [0.29, 0.717) is 11.3 Å². The number of rotatable bonds is 3. The van der Waals surface area contributed by atoms with Crippen LogP contribution in [-0.4, -0.2) is 21.4 Å². The number of alkyl halides is 1. The van der Waals surface area contributed by atoms with Crippen molar-refractivity contribution >= 4 is 12.2 Å². The number of hydrogen-bond acceptors (Lipinski definition) is 2. The Bertz CT molecular complexity index is 302. The van der Waals surface area contributed by atoms with Crippen LogP contribution in [-0.2, 0) is 6.54 Å². The number of H-pyrrole nitrogens is 1. The average Bonchev–Trinajstić information content (AvgIpc) is 2.34. The van der Waals surface area contributed by atoms with Gasteiger partial charge in [0.15, 0.2) is 4.77 Å². The lowest BCUT2D eigenvalue weighted by Crippen LogP contribution is -2.06. The van der Waals surface area contributed by atoms with E-state index in [1.165, 1.54) is 0 Å². The lowest BCUT2D eigenvalue weighted by atomic mass is 10.2. The molecule has 0 bridgehead atoms. The molecule has 0 aliphatic carbocycles. The van der Waals surface area contributed by atoms with Crippen LogP contribution in [0.3, 0.4) is 0 Å². The van der Waals surface area contributed by atoms with E-state index in [2.05, 4.69) is 10.2 Å². The van der Waals surface area contributed by atoms with Gasteiger partial charge in [-0.1, -0.05) is 13.8 Å². The maximum atomic E-state index is 12.1.